The first-order chi connectivity index (χ1) is 13.5. The Morgan fingerprint density at radius 1 is 1.04 bits per heavy atom. The molecule has 1 saturated heterocycles. The van der Waals surface area contributed by atoms with E-state index in [2.05, 4.69) is 50.0 Å². The number of benzene rings is 2. The molecule has 1 N–H and O–H groups in total. The number of carbonyl (C=O) groups excluding carboxylic acids is 1. The fraction of sp³-hybridized carbons (Fsp3) is 0.320. The average Bonchev–Trinajstić information content (AvgIpc) is 2.74. The topological polar surface area (TPSA) is 32.3 Å². The van der Waals surface area contributed by atoms with Crippen LogP contribution in [0.1, 0.15) is 51.4 Å². The van der Waals surface area contributed by atoms with Crippen molar-refractivity contribution in [3.8, 4) is 0 Å². The molecule has 0 unspecified atom stereocenters. The summed E-state index contributed by atoms with van der Waals surface area (Å²) in [5.74, 6) is 0.669. The van der Waals surface area contributed by atoms with Crippen LogP contribution in [0, 0.1) is 13.8 Å². The first-order valence-electron chi connectivity index (χ1n) is 10.00. The molecule has 1 heterocycles. The van der Waals surface area contributed by atoms with Crippen molar-refractivity contribution in [2.24, 2.45) is 0 Å². The van der Waals surface area contributed by atoms with Crippen LogP contribution >= 0.6 is 0 Å². The summed E-state index contributed by atoms with van der Waals surface area (Å²) in [6, 6.07) is 14.8. The van der Waals surface area contributed by atoms with E-state index in [1.54, 1.807) is 0 Å². The molecule has 3 heteroatoms. The number of nitrogens with zero attached hydrogens (tertiary/aromatic N) is 1. The molecule has 1 aliphatic rings. The highest BCUT2D eigenvalue weighted by molar-refractivity contribution is 5.94. The maximum atomic E-state index is 12.8. The predicted molar refractivity (Wildman–Crippen MR) is 117 cm³/mol. The summed E-state index contributed by atoms with van der Waals surface area (Å²) in [6.45, 7) is 9.65. The van der Waals surface area contributed by atoms with Gasteiger partial charge in [0, 0.05) is 31.9 Å². The lowest BCUT2D eigenvalue weighted by Gasteiger charge is -2.32. The zero-order valence-electron chi connectivity index (χ0n) is 17.2. The summed E-state index contributed by atoms with van der Waals surface area (Å²) in [6.07, 6.45) is 5.84. The van der Waals surface area contributed by atoms with E-state index in [-0.39, 0.29) is 5.91 Å². The largest absolute Gasteiger partial charge is 0.393 e. The Hall–Kier alpha value is -2.81. The Morgan fingerprint density at radius 3 is 2.25 bits per heavy atom. The highest BCUT2D eigenvalue weighted by Crippen LogP contribution is 2.30. The van der Waals surface area contributed by atoms with Crippen LogP contribution in [-0.2, 0) is 0 Å². The van der Waals surface area contributed by atoms with Crippen LogP contribution in [0.3, 0.4) is 0 Å². The van der Waals surface area contributed by atoms with Crippen molar-refractivity contribution in [2.75, 3.05) is 20.1 Å². The molecule has 0 aromatic heterocycles. The molecule has 3 nitrogen and oxygen atoms in total. The molecule has 3 rings (SSSR count). The van der Waals surface area contributed by atoms with Crippen molar-refractivity contribution < 1.29 is 4.79 Å². The van der Waals surface area contributed by atoms with Crippen molar-refractivity contribution in [1.29, 1.82) is 0 Å². The van der Waals surface area contributed by atoms with E-state index in [1.807, 2.05) is 42.4 Å². The number of likely N-dealkylation sites (tertiary alicyclic amines) is 1. The fourth-order valence-electron chi connectivity index (χ4n) is 3.84. The van der Waals surface area contributed by atoms with E-state index >= 15 is 0 Å². The summed E-state index contributed by atoms with van der Waals surface area (Å²) in [5, 5.41) is 3.06. The van der Waals surface area contributed by atoms with Gasteiger partial charge in [0.2, 0.25) is 0 Å². The quantitative estimate of drug-likeness (QED) is 0.741. The number of aryl methyl sites for hydroxylation is 2. The summed E-state index contributed by atoms with van der Waals surface area (Å²) in [5.41, 5.74) is 6.81. The highest BCUT2D eigenvalue weighted by atomic mass is 16.2. The monoisotopic (exact) mass is 374 g/mol. The van der Waals surface area contributed by atoms with Crippen molar-refractivity contribution in [1.82, 2.24) is 10.2 Å². The molecule has 2 aromatic carbocycles. The van der Waals surface area contributed by atoms with E-state index < -0.39 is 0 Å². The first kappa shape index (κ1) is 19.9. The second-order valence-electron chi connectivity index (χ2n) is 7.58. The summed E-state index contributed by atoms with van der Waals surface area (Å²) in [4.78, 5) is 14.8. The number of amides is 1. The van der Waals surface area contributed by atoms with E-state index in [1.165, 1.54) is 16.7 Å². The zero-order valence-corrected chi connectivity index (χ0v) is 17.2. The lowest BCUT2D eigenvalue weighted by Crippen LogP contribution is -2.37. The fourth-order valence-corrected chi connectivity index (χ4v) is 3.84. The zero-order chi connectivity index (χ0) is 20.1. The van der Waals surface area contributed by atoms with Gasteiger partial charge in [-0.2, -0.15) is 0 Å². The smallest absolute Gasteiger partial charge is 0.253 e. The minimum Gasteiger partial charge on any atom is -0.393 e. The van der Waals surface area contributed by atoms with Crippen LogP contribution in [0.5, 0.6) is 0 Å². The van der Waals surface area contributed by atoms with E-state index in [4.69, 9.17) is 0 Å². The van der Waals surface area contributed by atoms with E-state index in [0.717, 1.165) is 42.6 Å². The molecule has 0 saturated carbocycles. The number of hydrogen-bond acceptors (Lipinski definition) is 2. The highest BCUT2D eigenvalue weighted by Gasteiger charge is 2.24. The van der Waals surface area contributed by atoms with E-state index in [9.17, 15) is 4.79 Å². The van der Waals surface area contributed by atoms with Crippen molar-refractivity contribution in [3.63, 3.8) is 0 Å². The minimum atomic E-state index is 0.157. The van der Waals surface area contributed by atoms with Crippen LogP contribution in [0.25, 0.3) is 5.57 Å². The van der Waals surface area contributed by atoms with Crippen LogP contribution in [0.4, 0.5) is 0 Å². The summed E-state index contributed by atoms with van der Waals surface area (Å²) >= 11 is 0. The van der Waals surface area contributed by atoms with Crippen LogP contribution in [0.15, 0.2) is 61.3 Å². The molecule has 146 valence electrons. The van der Waals surface area contributed by atoms with Gasteiger partial charge in [-0.15, -0.1) is 0 Å². The number of carbonyl (C=O) groups is 1. The Kier molecular flexibility index (Phi) is 6.35. The molecule has 0 bridgehead atoms. The standard InChI is InChI=1S/C25H30N2O/c1-5-20(17-26-4)21-8-10-22(11-9-21)23-12-14-27(15-13-23)25(28)24-7-6-18(2)19(3)16-24/h5-11,16-17,23,26H,1,12-15H2,2-4H3/b20-17+. The van der Waals surface area contributed by atoms with Gasteiger partial charge in [0.15, 0.2) is 0 Å². The minimum absolute atomic E-state index is 0.157. The van der Waals surface area contributed by atoms with Crippen LogP contribution in [0.2, 0.25) is 0 Å². The van der Waals surface area contributed by atoms with Crippen molar-refractivity contribution in [2.45, 2.75) is 32.6 Å². The predicted octanol–water partition coefficient (Wildman–Crippen LogP) is 5.07. The maximum Gasteiger partial charge on any atom is 0.253 e. The summed E-state index contributed by atoms with van der Waals surface area (Å²) in [7, 11) is 1.89. The Labute approximate surface area is 168 Å². The molecular formula is C25H30N2O. The Bertz CT molecular complexity index is 872. The Morgan fingerprint density at radius 2 is 1.68 bits per heavy atom. The van der Waals surface area contributed by atoms with E-state index in [0.29, 0.717) is 5.92 Å². The SMILES string of the molecule is C=C/C(=C\NC)c1ccc(C2CCN(C(=O)c3ccc(C)c(C)c3)CC2)cc1. The van der Waals surface area contributed by atoms with Gasteiger partial charge in [-0.1, -0.05) is 43.0 Å². The third kappa shape index (κ3) is 4.36. The third-order valence-corrected chi connectivity index (χ3v) is 5.77. The number of rotatable bonds is 5. The second kappa shape index (κ2) is 8.92. The molecule has 0 spiro atoms. The average molecular weight is 375 g/mol. The van der Waals surface area contributed by atoms with Crippen molar-refractivity contribution >= 4 is 11.5 Å². The number of hydrogen-bond donors (Lipinski definition) is 1. The molecule has 0 aliphatic carbocycles. The third-order valence-electron chi connectivity index (χ3n) is 5.77. The number of piperidine rings is 1. The van der Waals surface area contributed by atoms with Gasteiger partial charge in [0.25, 0.3) is 5.91 Å². The molecular weight excluding hydrogens is 344 g/mol. The molecule has 1 fully saturated rings. The van der Waals surface area contributed by atoms with Gasteiger partial charge in [0.1, 0.15) is 0 Å². The number of allylic oxidation sites excluding steroid dienone is 2. The molecule has 1 amide bonds. The lowest BCUT2D eigenvalue weighted by atomic mass is 9.88. The number of nitrogens with one attached hydrogen (secondary N) is 1. The molecule has 0 radical (unpaired) electrons. The van der Waals surface area contributed by atoms with Crippen LogP contribution < -0.4 is 5.32 Å². The van der Waals surface area contributed by atoms with Gasteiger partial charge in [-0.3, -0.25) is 4.79 Å². The second-order valence-corrected chi connectivity index (χ2v) is 7.58. The van der Waals surface area contributed by atoms with Gasteiger partial charge >= 0.3 is 0 Å². The van der Waals surface area contributed by atoms with Crippen LogP contribution in [-0.4, -0.2) is 30.9 Å². The molecule has 2 aromatic rings. The van der Waals surface area contributed by atoms with Gasteiger partial charge in [-0.25, -0.2) is 0 Å². The van der Waals surface area contributed by atoms with Gasteiger partial charge in [0.05, 0.1) is 0 Å². The summed E-state index contributed by atoms with van der Waals surface area (Å²) < 4.78 is 0. The maximum absolute atomic E-state index is 12.8. The first-order valence-corrected chi connectivity index (χ1v) is 10.00. The normalized spacial score (nSPS) is 15.4. The molecule has 1 aliphatic heterocycles. The van der Waals surface area contributed by atoms with Crippen molar-refractivity contribution in [3.05, 3.63) is 89.1 Å². The molecule has 0 atom stereocenters. The Balaban J connectivity index is 1.63. The van der Waals surface area contributed by atoms with Gasteiger partial charge < -0.3 is 10.2 Å². The molecule has 28 heavy (non-hydrogen) atoms. The van der Waals surface area contributed by atoms with Gasteiger partial charge in [-0.05, 0) is 72.6 Å². The lowest BCUT2D eigenvalue weighted by molar-refractivity contribution is 0.0713.